The van der Waals surface area contributed by atoms with Crippen molar-refractivity contribution < 1.29 is 13.0 Å². The number of hydrogen-bond donors (Lipinski definition) is 1. The van der Waals surface area contributed by atoms with Crippen molar-refractivity contribution in [2.24, 2.45) is 0 Å². The standard InChI is InChI=1S/C6H7AsO3S/c7-5-3-1-2-4-6(5)11(8,9)10/h1-4H,7H2,(H,8,9,10). The van der Waals surface area contributed by atoms with Gasteiger partial charge in [0.2, 0.25) is 0 Å². The molecule has 0 saturated carbocycles. The van der Waals surface area contributed by atoms with Crippen LogP contribution in [0.2, 0.25) is 0 Å². The van der Waals surface area contributed by atoms with Gasteiger partial charge in [-0.1, -0.05) is 0 Å². The minimum absolute atomic E-state index is 0.000000000000000444. The first-order valence-electron chi connectivity index (χ1n) is 2.84. The van der Waals surface area contributed by atoms with Crippen LogP contribution in [0.5, 0.6) is 0 Å². The van der Waals surface area contributed by atoms with Gasteiger partial charge >= 0.3 is 73.5 Å². The SMILES string of the molecule is O=S(=O)(O)c1ccccc1[AsH2]. The fourth-order valence-electron chi connectivity index (χ4n) is 0.715. The van der Waals surface area contributed by atoms with Crippen molar-refractivity contribution >= 4 is 31.3 Å². The summed E-state index contributed by atoms with van der Waals surface area (Å²) in [7, 11) is -4.02. The van der Waals surface area contributed by atoms with Gasteiger partial charge in [0.05, 0.1) is 0 Å². The molecule has 11 heavy (non-hydrogen) atoms. The van der Waals surface area contributed by atoms with E-state index in [1.807, 2.05) is 0 Å². The Bertz CT molecular complexity index is 358. The van der Waals surface area contributed by atoms with E-state index in [1.54, 1.807) is 18.2 Å². The van der Waals surface area contributed by atoms with E-state index in [0.29, 0.717) is 4.35 Å². The minimum atomic E-state index is -4.02. The molecule has 0 fully saturated rings. The van der Waals surface area contributed by atoms with Crippen molar-refractivity contribution in [3.8, 4) is 0 Å². The number of hydrogen-bond acceptors (Lipinski definition) is 2. The maximum atomic E-state index is 10.6. The van der Waals surface area contributed by atoms with Crippen molar-refractivity contribution in [2.75, 3.05) is 0 Å². The van der Waals surface area contributed by atoms with Crippen LogP contribution in [0.25, 0.3) is 0 Å². The zero-order valence-electron chi connectivity index (χ0n) is 5.56. The fourth-order valence-corrected chi connectivity index (χ4v) is 2.70. The van der Waals surface area contributed by atoms with Crippen molar-refractivity contribution in [2.45, 2.75) is 4.90 Å². The van der Waals surface area contributed by atoms with Crippen LogP contribution >= 0.6 is 0 Å². The second-order valence-corrected chi connectivity index (χ2v) is 4.71. The molecule has 0 heterocycles. The van der Waals surface area contributed by atoms with E-state index in [1.165, 1.54) is 22.9 Å². The van der Waals surface area contributed by atoms with Crippen LogP contribution in [0.1, 0.15) is 0 Å². The molecule has 1 aromatic carbocycles. The predicted molar refractivity (Wildman–Crippen MR) is 44.4 cm³/mol. The molecule has 5 heteroatoms. The molecule has 0 spiro atoms. The quantitative estimate of drug-likeness (QED) is 0.511. The van der Waals surface area contributed by atoms with Crippen LogP contribution in [0.15, 0.2) is 29.2 Å². The fraction of sp³-hybridized carbons (Fsp3) is 0. The second-order valence-electron chi connectivity index (χ2n) is 2.01. The number of rotatable bonds is 1. The van der Waals surface area contributed by atoms with Crippen molar-refractivity contribution in [1.82, 2.24) is 0 Å². The topological polar surface area (TPSA) is 54.4 Å². The third-order valence-electron chi connectivity index (χ3n) is 1.20. The van der Waals surface area contributed by atoms with Gasteiger partial charge in [0.1, 0.15) is 0 Å². The van der Waals surface area contributed by atoms with Crippen LogP contribution in [-0.2, 0) is 10.1 Å². The van der Waals surface area contributed by atoms with Gasteiger partial charge in [0.15, 0.2) is 0 Å². The van der Waals surface area contributed by atoms with Crippen LogP contribution in [0.4, 0.5) is 0 Å². The van der Waals surface area contributed by atoms with Crippen molar-refractivity contribution in [1.29, 1.82) is 0 Å². The Kier molecular flexibility index (Phi) is 2.37. The van der Waals surface area contributed by atoms with Gasteiger partial charge in [0.25, 0.3) is 0 Å². The Balaban J connectivity index is 3.37. The van der Waals surface area contributed by atoms with Gasteiger partial charge in [-0.25, -0.2) is 0 Å². The Morgan fingerprint density at radius 3 is 2.18 bits per heavy atom. The number of benzene rings is 1. The average Bonchev–Trinajstić information content (AvgIpc) is 1.86. The molecule has 0 bridgehead atoms. The molecule has 1 rings (SSSR count). The molecule has 0 aliphatic heterocycles. The average molecular weight is 234 g/mol. The van der Waals surface area contributed by atoms with E-state index in [-0.39, 0.29) is 4.90 Å². The van der Waals surface area contributed by atoms with E-state index in [9.17, 15) is 8.42 Å². The van der Waals surface area contributed by atoms with Crippen LogP contribution < -0.4 is 4.35 Å². The zero-order chi connectivity index (χ0) is 8.48. The normalized spacial score (nSPS) is 11.5. The molecule has 0 amide bonds. The summed E-state index contributed by atoms with van der Waals surface area (Å²) in [5.74, 6) is 0. The first-order valence-corrected chi connectivity index (χ1v) is 5.49. The summed E-state index contributed by atoms with van der Waals surface area (Å²) in [6, 6.07) is 6.34. The van der Waals surface area contributed by atoms with Crippen LogP contribution in [0.3, 0.4) is 0 Å². The van der Waals surface area contributed by atoms with Gasteiger partial charge in [-0.15, -0.1) is 0 Å². The van der Waals surface area contributed by atoms with Crippen LogP contribution in [0, 0.1) is 0 Å². The molecular formula is C6H7AsO3S. The van der Waals surface area contributed by atoms with Gasteiger partial charge < -0.3 is 0 Å². The molecule has 1 aromatic rings. The summed E-state index contributed by atoms with van der Waals surface area (Å²) in [4.78, 5) is 0.000000000000000444. The van der Waals surface area contributed by atoms with Gasteiger partial charge in [-0.05, 0) is 0 Å². The molecule has 0 aliphatic rings. The van der Waals surface area contributed by atoms with E-state index in [4.69, 9.17) is 4.55 Å². The first kappa shape index (κ1) is 8.78. The van der Waals surface area contributed by atoms with E-state index < -0.39 is 10.1 Å². The van der Waals surface area contributed by atoms with Crippen LogP contribution in [-0.4, -0.2) is 29.8 Å². The Hall–Kier alpha value is -0.312. The molecule has 0 saturated heterocycles. The third kappa shape index (κ3) is 2.06. The molecule has 3 nitrogen and oxygen atoms in total. The Morgan fingerprint density at radius 1 is 1.27 bits per heavy atom. The van der Waals surface area contributed by atoms with Gasteiger partial charge in [0, 0.05) is 0 Å². The first-order chi connectivity index (χ1) is 5.02. The van der Waals surface area contributed by atoms with E-state index in [0.717, 1.165) is 0 Å². The Morgan fingerprint density at radius 2 is 1.82 bits per heavy atom. The van der Waals surface area contributed by atoms with Gasteiger partial charge in [-0.2, -0.15) is 0 Å². The van der Waals surface area contributed by atoms with E-state index >= 15 is 0 Å². The van der Waals surface area contributed by atoms with Crippen molar-refractivity contribution in [3.63, 3.8) is 0 Å². The predicted octanol–water partition coefficient (Wildman–Crippen LogP) is -0.808. The summed E-state index contributed by atoms with van der Waals surface area (Å²) in [5.41, 5.74) is 0. The molecule has 1 unspecified atom stereocenters. The van der Waals surface area contributed by atoms with Gasteiger partial charge in [-0.3, -0.25) is 0 Å². The molecule has 60 valence electrons. The summed E-state index contributed by atoms with van der Waals surface area (Å²) >= 11 is 1.17. The second kappa shape index (κ2) is 2.97. The zero-order valence-corrected chi connectivity index (χ0v) is 8.80. The van der Waals surface area contributed by atoms with E-state index in [2.05, 4.69) is 0 Å². The molecular weight excluding hydrogens is 227 g/mol. The summed E-state index contributed by atoms with van der Waals surface area (Å²) in [6.45, 7) is 0. The monoisotopic (exact) mass is 234 g/mol. The summed E-state index contributed by atoms with van der Waals surface area (Å²) < 4.78 is 30.5. The molecule has 1 atom stereocenters. The molecule has 1 N–H and O–H groups in total. The third-order valence-corrected chi connectivity index (χ3v) is 3.62. The summed E-state index contributed by atoms with van der Waals surface area (Å²) in [5, 5.41) is 0. The Labute approximate surface area is 73.7 Å². The molecule has 0 radical (unpaired) electrons. The molecule has 0 aliphatic carbocycles. The maximum absolute atomic E-state index is 10.6. The summed E-state index contributed by atoms with van der Waals surface area (Å²) in [6.07, 6.45) is 0. The molecule has 0 aromatic heterocycles. The van der Waals surface area contributed by atoms with Crippen molar-refractivity contribution in [3.05, 3.63) is 24.3 Å².